The number of fused-ring (bicyclic) bond motifs is 7. The molecule has 0 saturated carbocycles. The van der Waals surface area contributed by atoms with Crippen molar-refractivity contribution in [3.05, 3.63) is 241 Å². The fourth-order valence-corrected chi connectivity index (χ4v) is 11.5. The van der Waals surface area contributed by atoms with E-state index in [-0.39, 0.29) is 6.71 Å². The van der Waals surface area contributed by atoms with Gasteiger partial charge < -0.3 is 14.4 Å². The van der Waals surface area contributed by atoms with Gasteiger partial charge in [-0.1, -0.05) is 157 Å². The molecular weight excluding hydrogens is 810 g/mol. The molecule has 0 unspecified atom stereocenters. The van der Waals surface area contributed by atoms with Crippen molar-refractivity contribution in [3.8, 4) is 39.1 Å². The average molecular weight is 856 g/mol. The molecule has 0 radical (unpaired) electrons. The second kappa shape index (κ2) is 15.4. The van der Waals surface area contributed by atoms with Crippen LogP contribution >= 0.6 is 0 Å². The fourth-order valence-electron chi connectivity index (χ4n) is 11.5. The highest BCUT2D eigenvalue weighted by Crippen LogP contribution is 2.47. The molecule has 0 amide bonds. The average Bonchev–Trinajstić information content (AvgIpc) is 3.71. The van der Waals surface area contributed by atoms with Gasteiger partial charge in [0.1, 0.15) is 0 Å². The summed E-state index contributed by atoms with van der Waals surface area (Å²) in [5, 5.41) is 2.52. The maximum atomic E-state index is 2.54. The molecule has 3 nitrogen and oxygen atoms in total. The van der Waals surface area contributed by atoms with Crippen LogP contribution < -0.4 is 26.2 Å². The lowest BCUT2D eigenvalue weighted by Gasteiger charge is -2.44. The van der Waals surface area contributed by atoms with E-state index in [4.69, 9.17) is 0 Å². The molecule has 11 aromatic rings. The molecule has 0 aliphatic carbocycles. The standard InChI is InChI=1S/C63H46BN3/c1-41-36-42(2)62(43(3)37-41)48-38-60-63-61(39-48)66(50-32-28-47(29-33-50)45-18-8-5-9-19-45)59-35-34-51(67-56-23-13-10-20-52(56)53-21-11-14-24-57(53)67)40-55(59)64(63)54-22-12-15-25-58(54)65(60)49-30-26-46(27-31-49)44-16-6-4-7-17-44/h4-40H,1-3H3. The van der Waals surface area contributed by atoms with Gasteiger partial charge in [-0.05, 0) is 154 Å². The van der Waals surface area contributed by atoms with Gasteiger partial charge in [0.15, 0.2) is 0 Å². The highest BCUT2D eigenvalue weighted by atomic mass is 15.2. The highest BCUT2D eigenvalue weighted by molar-refractivity contribution is 7.00. The largest absolute Gasteiger partial charge is 0.311 e. The molecule has 13 rings (SSSR count). The summed E-state index contributed by atoms with van der Waals surface area (Å²) in [5.74, 6) is 0. The molecule has 3 heterocycles. The molecule has 67 heavy (non-hydrogen) atoms. The van der Waals surface area contributed by atoms with Crippen LogP contribution in [0.25, 0.3) is 60.9 Å². The summed E-state index contributed by atoms with van der Waals surface area (Å²) < 4.78 is 2.46. The summed E-state index contributed by atoms with van der Waals surface area (Å²) in [6, 6.07) is 83.3. The summed E-state index contributed by atoms with van der Waals surface area (Å²) in [4.78, 5) is 5.07. The molecule has 4 heteroatoms. The monoisotopic (exact) mass is 855 g/mol. The lowest BCUT2D eigenvalue weighted by molar-refractivity contribution is 1.18. The number of rotatable bonds is 6. The molecule has 0 fully saturated rings. The van der Waals surface area contributed by atoms with E-state index in [2.05, 4.69) is 260 Å². The van der Waals surface area contributed by atoms with Gasteiger partial charge >= 0.3 is 0 Å². The Morgan fingerprint density at radius 2 is 0.776 bits per heavy atom. The lowest BCUT2D eigenvalue weighted by atomic mass is 9.33. The van der Waals surface area contributed by atoms with E-state index >= 15 is 0 Å². The molecule has 0 saturated heterocycles. The number of aromatic nitrogens is 1. The highest BCUT2D eigenvalue weighted by Gasteiger charge is 2.44. The summed E-state index contributed by atoms with van der Waals surface area (Å²) in [7, 11) is 0. The van der Waals surface area contributed by atoms with E-state index in [1.807, 2.05) is 0 Å². The number of aryl methyl sites for hydroxylation is 3. The normalized spacial score (nSPS) is 12.6. The van der Waals surface area contributed by atoms with Crippen LogP contribution in [0.15, 0.2) is 224 Å². The predicted octanol–water partition coefficient (Wildman–Crippen LogP) is 14.8. The molecule has 10 aromatic carbocycles. The van der Waals surface area contributed by atoms with Crippen molar-refractivity contribution in [2.45, 2.75) is 20.8 Å². The smallest absolute Gasteiger partial charge is 0.252 e. The zero-order valence-electron chi connectivity index (χ0n) is 37.8. The van der Waals surface area contributed by atoms with Gasteiger partial charge in [0.2, 0.25) is 0 Å². The maximum Gasteiger partial charge on any atom is 0.252 e. The van der Waals surface area contributed by atoms with Crippen LogP contribution in [-0.2, 0) is 0 Å². The summed E-state index contributed by atoms with van der Waals surface area (Å²) in [5.41, 5.74) is 25.6. The Bertz CT molecular complexity index is 3630. The summed E-state index contributed by atoms with van der Waals surface area (Å²) in [6.07, 6.45) is 0. The van der Waals surface area contributed by atoms with Gasteiger partial charge in [0, 0.05) is 50.6 Å². The maximum absolute atomic E-state index is 2.54. The Hall–Kier alpha value is -8.34. The van der Waals surface area contributed by atoms with Crippen molar-refractivity contribution in [2.24, 2.45) is 0 Å². The summed E-state index contributed by atoms with van der Waals surface area (Å²) in [6.45, 7) is 6.69. The second-order valence-corrected chi connectivity index (χ2v) is 18.3. The zero-order chi connectivity index (χ0) is 44.8. The van der Waals surface area contributed by atoms with Crippen LogP contribution in [0, 0.1) is 20.8 Å². The third-order valence-corrected chi connectivity index (χ3v) is 14.2. The van der Waals surface area contributed by atoms with E-state index in [0.717, 1.165) is 17.1 Å². The van der Waals surface area contributed by atoms with Gasteiger partial charge in [-0.3, -0.25) is 0 Å². The number of hydrogen-bond acceptors (Lipinski definition) is 2. The molecule has 0 spiro atoms. The van der Waals surface area contributed by atoms with Crippen molar-refractivity contribution in [3.63, 3.8) is 0 Å². The number of hydrogen-bond donors (Lipinski definition) is 0. The van der Waals surface area contributed by atoms with Crippen molar-refractivity contribution >= 4 is 79.0 Å². The zero-order valence-corrected chi connectivity index (χ0v) is 37.8. The van der Waals surface area contributed by atoms with Crippen LogP contribution in [0.1, 0.15) is 16.7 Å². The van der Waals surface area contributed by atoms with Crippen molar-refractivity contribution < 1.29 is 0 Å². The van der Waals surface area contributed by atoms with E-state index in [9.17, 15) is 0 Å². The molecule has 316 valence electrons. The minimum absolute atomic E-state index is 0.0433. The van der Waals surface area contributed by atoms with Gasteiger partial charge in [0.05, 0.1) is 11.0 Å². The number of para-hydroxylation sites is 3. The second-order valence-electron chi connectivity index (χ2n) is 18.3. The first kappa shape index (κ1) is 39.1. The molecule has 0 N–H and O–H groups in total. The fraction of sp³-hybridized carbons (Fsp3) is 0.0476. The first-order valence-electron chi connectivity index (χ1n) is 23.4. The van der Waals surface area contributed by atoms with Crippen molar-refractivity contribution in [1.29, 1.82) is 0 Å². The Kier molecular flexibility index (Phi) is 8.98. The minimum Gasteiger partial charge on any atom is -0.311 e. The van der Waals surface area contributed by atoms with Gasteiger partial charge in [0.25, 0.3) is 6.71 Å². The van der Waals surface area contributed by atoms with Crippen molar-refractivity contribution in [2.75, 3.05) is 9.80 Å². The van der Waals surface area contributed by atoms with Crippen LogP contribution in [0.4, 0.5) is 34.1 Å². The van der Waals surface area contributed by atoms with Gasteiger partial charge in [-0.25, -0.2) is 0 Å². The number of anilines is 6. The Balaban J connectivity index is 1.11. The molecule has 2 aliphatic heterocycles. The predicted molar refractivity (Wildman–Crippen MR) is 285 cm³/mol. The third kappa shape index (κ3) is 6.21. The van der Waals surface area contributed by atoms with E-state index in [1.54, 1.807) is 0 Å². The van der Waals surface area contributed by atoms with Crippen LogP contribution in [-0.4, -0.2) is 11.3 Å². The van der Waals surface area contributed by atoms with Gasteiger partial charge in [-0.2, -0.15) is 0 Å². The molecule has 2 aliphatic rings. The van der Waals surface area contributed by atoms with E-state index < -0.39 is 0 Å². The van der Waals surface area contributed by atoms with E-state index in [0.29, 0.717) is 0 Å². The summed E-state index contributed by atoms with van der Waals surface area (Å²) >= 11 is 0. The Morgan fingerprint density at radius 1 is 0.328 bits per heavy atom. The molecule has 0 atom stereocenters. The third-order valence-electron chi connectivity index (χ3n) is 14.2. The Morgan fingerprint density at radius 3 is 1.33 bits per heavy atom. The lowest BCUT2D eigenvalue weighted by Crippen LogP contribution is -2.61. The number of nitrogens with zero attached hydrogens (tertiary/aromatic N) is 3. The van der Waals surface area contributed by atoms with Crippen molar-refractivity contribution in [1.82, 2.24) is 4.57 Å². The topological polar surface area (TPSA) is 11.4 Å². The minimum atomic E-state index is -0.0433. The van der Waals surface area contributed by atoms with Crippen LogP contribution in [0.5, 0.6) is 0 Å². The Labute approximate surface area is 392 Å². The molecule has 1 aromatic heterocycles. The first-order valence-corrected chi connectivity index (χ1v) is 23.4. The molecule has 0 bridgehead atoms. The first-order chi connectivity index (χ1) is 33.0. The quantitative estimate of drug-likeness (QED) is 0.154. The van der Waals surface area contributed by atoms with Gasteiger partial charge in [-0.15, -0.1) is 0 Å². The molecular formula is C63H46BN3. The van der Waals surface area contributed by atoms with Crippen LogP contribution in [0.2, 0.25) is 0 Å². The number of benzene rings is 10. The van der Waals surface area contributed by atoms with Crippen LogP contribution in [0.3, 0.4) is 0 Å². The van der Waals surface area contributed by atoms with E-state index in [1.165, 1.54) is 111 Å². The SMILES string of the molecule is Cc1cc(C)c(-c2cc3c4c(c2)N(c2ccc(-c5ccccc5)cc2)c2ccc(-n5c6ccccc6c6ccccc65)cc2B4c2ccccc2N3c2ccc(-c3ccccc3)cc2)c(C)c1.